The number of carbonyl (C=O) groups is 3. The highest BCUT2D eigenvalue weighted by atomic mass is 16.7. The first kappa shape index (κ1) is 22.3. The van der Waals surface area contributed by atoms with E-state index in [4.69, 9.17) is 9.47 Å². The Kier molecular flexibility index (Phi) is 5.52. The molecule has 0 bridgehead atoms. The lowest BCUT2D eigenvalue weighted by atomic mass is 10.2. The minimum absolute atomic E-state index is 0.115. The largest absolute Gasteiger partial charge is 0.454 e. The Morgan fingerprint density at radius 2 is 1.86 bits per heavy atom. The SMILES string of the molecule is Cc1cccc(NC(=O)CN2C(=O)N/C(=C\c3cc(C)n(-c4ccc5c(c4)OCO5)c3C)C2=O)c1. The Labute approximate surface area is 201 Å². The van der Waals surface area contributed by atoms with E-state index in [0.29, 0.717) is 17.2 Å². The van der Waals surface area contributed by atoms with Crippen molar-refractivity contribution < 1.29 is 23.9 Å². The quantitative estimate of drug-likeness (QED) is 0.436. The number of nitrogens with one attached hydrogen (secondary N) is 2. The molecule has 2 aromatic carbocycles. The van der Waals surface area contributed by atoms with Gasteiger partial charge in [0.05, 0.1) is 0 Å². The van der Waals surface area contributed by atoms with Crippen molar-refractivity contribution in [2.45, 2.75) is 20.8 Å². The van der Waals surface area contributed by atoms with Crippen LogP contribution in [-0.4, -0.2) is 40.7 Å². The van der Waals surface area contributed by atoms with E-state index in [1.54, 1.807) is 12.1 Å². The van der Waals surface area contributed by atoms with Crippen LogP contribution in [0.3, 0.4) is 0 Å². The van der Waals surface area contributed by atoms with Crippen molar-refractivity contribution in [3.05, 3.63) is 76.7 Å². The fraction of sp³-hybridized carbons (Fsp3) is 0.192. The molecule has 1 aromatic heterocycles. The van der Waals surface area contributed by atoms with Crippen LogP contribution in [0, 0.1) is 20.8 Å². The van der Waals surface area contributed by atoms with E-state index in [0.717, 1.165) is 33.1 Å². The van der Waals surface area contributed by atoms with Crippen LogP contribution in [0.5, 0.6) is 11.5 Å². The Morgan fingerprint density at radius 1 is 1.06 bits per heavy atom. The first-order valence-corrected chi connectivity index (χ1v) is 11.1. The molecule has 5 rings (SSSR count). The van der Waals surface area contributed by atoms with Gasteiger partial charge in [-0.2, -0.15) is 0 Å². The third-order valence-corrected chi connectivity index (χ3v) is 5.95. The predicted octanol–water partition coefficient (Wildman–Crippen LogP) is 3.66. The van der Waals surface area contributed by atoms with Gasteiger partial charge in [0, 0.05) is 28.8 Å². The van der Waals surface area contributed by atoms with E-state index >= 15 is 0 Å². The molecule has 1 fully saturated rings. The Bertz CT molecular complexity index is 1400. The fourth-order valence-corrected chi connectivity index (χ4v) is 4.29. The van der Waals surface area contributed by atoms with Crippen LogP contribution in [0.25, 0.3) is 11.8 Å². The van der Waals surface area contributed by atoms with Crippen molar-refractivity contribution in [3.8, 4) is 17.2 Å². The third-order valence-electron chi connectivity index (χ3n) is 5.95. The second-order valence-electron chi connectivity index (χ2n) is 8.50. The van der Waals surface area contributed by atoms with E-state index in [9.17, 15) is 14.4 Å². The predicted molar refractivity (Wildman–Crippen MR) is 129 cm³/mol. The van der Waals surface area contributed by atoms with Crippen LogP contribution in [0.1, 0.15) is 22.5 Å². The Balaban J connectivity index is 1.35. The van der Waals surface area contributed by atoms with E-state index < -0.39 is 17.8 Å². The molecule has 4 amide bonds. The minimum Gasteiger partial charge on any atom is -0.454 e. The molecule has 9 heteroatoms. The van der Waals surface area contributed by atoms with Gasteiger partial charge in [0.1, 0.15) is 12.2 Å². The summed E-state index contributed by atoms with van der Waals surface area (Å²) in [5.74, 6) is 0.362. The topological polar surface area (TPSA) is 102 Å². The number of benzene rings is 2. The average molecular weight is 473 g/mol. The lowest BCUT2D eigenvalue weighted by Crippen LogP contribution is -2.38. The number of rotatable bonds is 5. The summed E-state index contributed by atoms with van der Waals surface area (Å²) >= 11 is 0. The number of hydrogen-bond donors (Lipinski definition) is 2. The molecule has 0 atom stereocenters. The van der Waals surface area contributed by atoms with Gasteiger partial charge in [0.15, 0.2) is 11.5 Å². The first-order valence-electron chi connectivity index (χ1n) is 11.1. The van der Waals surface area contributed by atoms with E-state index in [1.165, 1.54) is 0 Å². The molecule has 178 valence electrons. The summed E-state index contributed by atoms with van der Waals surface area (Å²) in [7, 11) is 0. The standard InChI is InChI=1S/C26H24N4O5/c1-15-5-4-6-19(9-15)27-24(31)13-29-25(32)21(28-26(29)33)11-18-10-16(2)30(17(18)3)20-7-8-22-23(12-20)35-14-34-22/h4-12H,13-14H2,1-3H3,(H,27,31)(H,28,33)/b21-11-. The fourth-order valence-electron chi connectivity index (χ4n) is 4.29. The number of urea groups is 1. The molecule has 0 saturated carbocycles. The summed E-state index contributed by atoms with van der Waals surface area (Å²) in [5, 5.41) is 5.30. The van der Waals surface area contributed by atoms with Crippen molar-refractivity contribution in [2.24, 2.45) is 0 Å². The summed E-state index contributed by atoms with van der Waals surface area (Å²) < 4.78 is 12.9. The molecule has 2 N–H and O–H groups in total. The summed E-state index contributed by atoms with van der Waals surface area (Å²) in [6, 6.07) is 14.3. The maximum absolute atomic E-state index is 12.9. The molecule has 9 nitrogen and oxygen atoms in total. The highest BCUT2D eigenvalue weighted by Crippen LogP contribution is 2.35. The average Bonchev–Trinajstić information content (AvgIpc) is 3.46. The molecule has 2 aliphatic rings. The van der Waals surface area contributed by atoms with Crippen LogP contribution in [0.4, 0.5) is 10.5 Å². The van der Waals surface area contributed by atoms with Crippen molar-refractivity contribution >= 4 is 29.6 Å². The van der Waals surface area contributed by atoms with Crippen LogP contribution in [0.2, 0.25) is 0 Å². The number of imide groups is 1. The summed E-state index contributed by atoms with van der Waals surface area (Å²) in [6.07, 6.45) is 1.63. The van der Waals surface area contributed by atoms with Crippen molar-refractivity contribution in [1.82, 2.24) is 14.8 Å². The van der Waals surface area contributed by atoms with Gasteiger partial charge in [-0.25, -0.2) is 9.69 Å². The summed E-state index contributed by atoms with van der Waals surface area (Å²) in [4.78, 5) is 38.7. The van der Waals surface area contributed by atoms with Gasteiger partial charge < -0.3 is 24.7 Å². The van der Waals surface area contributed by atoms with Crippen molar-refractivity contribution in [1.29, 1.82) is 0 Å². The Hall–Kier alpha value is -4.53. The number of carbonyl (C=O) groups excluding carboxylic acids is 3. The van der Waals surface area contributed by atoms with Gasteiger partial charge in [-0.15, -0.1) is 0 Å². The number of ether oxygens (including phenoxy) is 2. The van der Waals surface area contributed by atoms with Crippen LogP contribution in [-0.2, 0) is 9.59 Å². The van der Waals surface area contributed by atoms with Gasteiger partial charge in [-0.3, -0.25) is 9.59 Å². The van der Waals surface area contributed by atoms with Crippen molar-refractivity contribution in [2.75, 3.05) is 18.7 Å². The number of anilines is 1. The van der Waals surface area contributed by atoms with E-state index in [1.807, 2.05) is 67.8 Å². The highest BCUT2D eigenvalue weighted by Gasteiger charge is 2.35. The van der Waals surface area contributed by atoms with Gasteiger partial charge >= 0.3 is 6.03 Å². The molecular weight excluding hydrogens is 448 g/mol. The summed E-state index contributed by atoms with van der Waals surface area (Å²) in [6.45, 7) is 5.61. The number of hydrogen-bond acceptors (Lipinski definition) is 5. The summed E-state index contributed by atoms with van der Waals surface area (Å²) in [5.41, 5.74) is 5.20. The Morgan fingerprint density at radius 3 is 2.66 bits per heavy atom. The highest BCUT2D eigenvalue weighted by molar-refractivity contribution is 6.16. The van der Waals surface area contributed by atoms with Crippen LogP contribution < -0.4 is 20.1 Å². The van der Waals surface area contributed by atoms with Crippen LogP contribution in [0.15, 0.2) is 54.2 Å². The molecule has 0 spiro atoms. The van der Waals surface area contributed by atoms with Gasteiger partial charge in [0.2, 0.25) is 12.7 Å². The normalized spacial score (nSPS) is 15.6. The lowest BCUT2D eigenvalue weighted by molar-refractivity contribution is -0.127. The number of amides is 4. The van der Waals surface area contributed by atoms with E-state index in [-0.39, 0.29) is 19.0 Å². The molecule has 2 aliphatic heterocycles. The molecule has 0 unspecified atom stereocenters. The van der Waals surface area contributed by atoms with Crippen LogP contribution >= 0.6 is 0 Å². The second-order valence-corrected chi connectivity index (χ2v) is 8.50. The molecule has 0 aliphatic carbocycles. The zero-order valence-corrected chi connectivity index (χ0v) is 19.5. The first-order chi connectivity index (χ1) is 16.8. The zero-order valence-electron chi connectivity index (χ0n) is 19.5. The smallest absolute Gasteiger partial charge is 0.329 e. The molecule has 35 heavy (non-hydrogen) atoms. The zero-order chi connectivity index (χ0) is 24.7. The maximum Gasteiger partial charge on any atom is 0.329 e. The second kappa shape index (κ2) is 8.68. The number of nitrogens with zero attached hydrogens (tertiary/aromatic N) is 2. The number of fused-ring (bicyclic) bond motifs is 1. The van der Waals surface area contributed by atoms with Gasteiger partial charge in [-0.1, -0.05) is 12.1 Å². The molecule has 1 saturated heterocycles. The third kappa shape index (κ3) is 4.23. The molecule has 3 heterocycles. The van der Waals surface area contributed by atoms with Gasteiger partial charge in [0.25, 0.3) is 5.91 Å². The number of aryl methyl sites for hydroxylation is 2. The van der Waals surface area contributed by atoms with Gasteiger partial charge in [-0.05, 0) is 68.3 Å². The monoisotopic (exact) mass is 472 g/mol. The van der Waals surface area contributed by atoms with Crippen molar-refractivity contribution in [3.63, 3.8) is 0 Å². The molecule has 0 radical (unpaired) electrons. The molecule has 3 aromatic rings. The minimum atomic E-state index is -0.634. The molecular formula is C26H24N4O5. The maximum atomic E-state index is 12.9. The number of aromatic nitrogens is 1. The lowest BCUT2D eigenvalue weighted by Gasteiger charge is -2.12. The van der Waals surface area contributed by atoms with E-state index in [2.05, 4.69) is 10.6 Å².